The van der Waals surface area contributed by atoms with E-state index in [1.165, 1.54) is 48.6 Å². The van der Waals surface area contributed by atoms with Crippen LogP contribution in [-0.2, 0) is 0 Å². The van der Waals surface area contributed by atoms with Crippen molar-refractivity contribution in [3.63, 3.8) is 0 Å². The van der Waals surface area contributed by atoms with Crippen LogP contribution in [-0.4, -0.2) is 17.7 Å². The Morgan fingerprint density at radius 1 is 0.885 bits per heavy atom. The van der Waals surface area contributed by atoms with E-state index >= 15 is 0 Å². The number of ether oxygens (including phenoxy) is 1. The molecule has 2 aromatic rings. The van der Waals surface area contributed by atoms with Gasteiger partial charge < -0.3 is 4.74 Å². The third-order valence-electron chi connectivity index (χ3n) is 2.91. The van der Waals surface area contributed by atoms with Crippen LogP contribution < -0.4 is 4.74 Å². The maximum absolute atomic E-state index is 12.2. The van der Waals surface area contributed by atoms with E-state index in [0.717, 1.165) is 12.1 Å². The minimum atomic E-state index is -4.82. The fraction of sp³-hybridized carbons (Fsp3) is 0.118. The number of alkyl halides is 6. The van der Waals surface area contributed by atoms with Crippen LogP contribution in [0, 0.1) is 0 Å². The molecule has 0 saturated carbocycles. The first-order valence-electron chi connectivity index (χ1n) is 6.96. The van der Waals surface area contributed by atoms with Gasteiger partial charge in [0.25, 0.3) is 0 Å². The van der Waals surface area contributed by atoms with Gasteiger partial charge in [-0.2, -0.15) is 13.2 Å². The zero-order valence-corrected chi connectivity index (χ0v) is 13.6. The first-order chi connectivity index (χ1) is 12.0. The van der Waals surface area contributed by atoms with Crippen LogP contribution in [0.25, 0.3) is 6.08 Å². The van der Waals surface area contributed by atoms with Crippen molar-refractivity contribution >= 4 is 23.6 Å². The van der Waals surface area contributed by atoms with Crippen LogP contribution in [0.3, 0.4) is 0 Å². The zero-order chi connectivity index (χ0) is 19.4. The Bertz CT molecular complexity index is 777. The smallest absolute Gasteiger partial charge is 0.406 e. The van der Waals surface area contributed by atoms with Crippen LogP contribution in [0.15, 0.2) is 59.5 Å². The fourth-order valence-corrected chi connectivity index (χ4v) is 2.41. The Morgan fingerprint density at radius 2 is 1.46 bits per heavy atom. The largest absolute Gasteiger partial charge is 0.573 e. The average Bonchev–Trinajstić information content (AvgIpc) is 2.51. The fourth-order valence-electron chi connectivity index (χ4n) is 1.87. The van der Waals surface area contributed by atoms with Crippen LogP contribution >= 0.6 is 11.8 Å². The van der Waals surface area contributed by atoms with Crippen molar-refractivity contribution in [1.82, 2.24) is 0 Å². The van der Waals surface area contributed by atoms with Crippen LogP contribution in [0.1, 0.15) is 15.9 Å². The van der Waals surface area contributed by atoms with Crippen LogP contribution in [0.2, 0.25) is 0 Å². The highest BCUT2D eigenvalue weighted by Crippen LogP contribution is 2.36. The summed E-state index contributed by atoms with van der Waals surface area (Å²) in [4.78, 5) is 12.0. The van der Waals surface area contributed by atoms with Gasteiger partial charge in [-0.3, -0.25) is 4.79 Å². The molecule has 0 fully saturated rings. The summed E-state index contributed by atoms with van der Waals surface area (Å²) in [5, 5.41) is 0. The lowest BCUT2D eigenvalue weighted by Crippen LogP contribution is -2.17. The molecule has 0 amide bonds. The second kappa shape index (κ2) is 7.86. The van der Waals surface area contributed by atoms with Gasteiger partial charge in [0.2, 0.25) is 0 Å². The van der Waals surface area contributed by atoms with E-state index in [1.807, 2.05) is 0 Å². The van der Waals surface area contributed by atoms with Crippen molar-refractivity contribution < 1.29 is 35.9 Å². The summed E-state index contributed by atoms with van der Waals surface area (Å²) in [5.41, 5.74) is -3.74. The van der Waals surface area contributed by atoms with Gasteiger partial charge in [0, 0.05) is 10.5 Å². The predicted molar refractivity (Wildman–Crippen MR) is 84.8 cm³/mol. The van der Waals surface area contributed by atoms with Crippen LogP contribution in [0.4, 0.5) is 26.3 Å². The molecular weight excluding hydrogens is 382 g/mol. The topological polar surface area (TPSA) is 26.3 Å². The number of thioether (sulfide) groups is 1. The lowest BCUT2D eigenvalue weighted by Gasteiger charge is -2.08. The number of halogens is 6. The lowest BCUT2D eigenvalue weighted by atomic mass is 10.1. The summed E-state index contributed by atoms with van der Waals surface area (Å²) in [7, 11) is 0. The van der Waals surface area contributed by atoms with Gasteiger partial charge in [-0.1, -0.05) is 18.2 Å². The molecule has 0 atom stereocenters. The number of ketones is 1. The zero-order valence-electron chi connectivity index (χ0n) is 12.8. The van der Waals surface area contributed by atoms with Gasteiger partial charge in [0.05, 0.1) is 0 Å². The number of rotatable bonds is 5. The monoisotopic (exact) mass is 392 g/mol. The second-order valence-corrected chi connectivity index (χ2v) is 6.03. The summed E-state index contributed by atoms with van der Waals surface area (Å²) < 4.78 is 76.6. The number of hydrogen-bond acceptors (Lipinski definition) is 3. The molecule has 138 valence electrons. The number of carbonyl (C=O) groups excluding carboxylic acids is 1. The highest BCUT2D eigenvalue weighted by atomic mass is 32.2. The summed E-state index contributed by atoms with van der Waals surface area (Å²) in [6.07, 6.45) is -2.25. The first-order valence-corrected chi connectivity index (χ1v) is 7.77. The molecule has 9 heteroatoms. The standard InChI is InChI=1S/C17H10F6O2S/c18-16(19,20)25-13-6-4-12(5-7-13)15(24)10-3-11-1-8-14(9-2-11)26-17(21,22)23/h1-10H. The van der Waals surface area contributed by atoms with E-state index in [4.69, 9.17) is 0 Å². The van der Waals surface area contributed by atoms with E-state index in [9.17, 15) is 31.1 Å². The quantitative estimate of drug-likeness (QED) is 0.266. The molecule has 0 aliphatic heterocycles. The number of hydrogen-bond donors (Lipinski definition) is 0. The van der Waals surface area contributed by atoms with Crippen molar-refractivity contribution in [2.45, 2.75) is 16.8 Å². The van der Waals surface area contributed by atoms with Gasteiger partial charge >= 0.3 is 11.9 Å². The third-order valence-corrected chi connectivity index (χ3v) is 3.65. The second-order valence-electron chi connectivity index (χ2n) is 4.89. The van der Waals surface area contributed by atoms with E-state index in [1.54, 1.807) is 0 Å². The van der Waals surface area contributed by atoms with Gasteiger partial charge in [-0.25, -0.2) is 0 Å². The van der Waals surface area contributed by atoms with Gasteiger partial charge in [0.15, 0.2) is 5.78 Å². The van der Waals surface area contributed by atoms with Crippen molar-refractivity contribution in [1.29, 1.82) is 0 Å². The Balaban J connectivity index is 2.00. The van der Waals surface area contributed by atoms with Gasteiger partial charge in [-0.05, 0) is 59.8 Å². The van der Waals surface area contributed by atoms with E-state index in [0.29, 0.717) is 5.56 Å². The van der Waals surface area contributed by atoms with Crippen molar-refractivity contribution in [2.24, 2.45) is 0 Å². The Morgan fingerprint density at radius 3 is 1.96 bits per heavy atom. The summed E-state index contributed by atoms with van der Waals surface area (Å²) in [6, 6.07) is 9.75. The molecule has 0 N–H and O–H groups in total. The van der Waals surface area contributed by atoms with Gasteiger partial charge in [0.1, 0.15) is 5.75 Å². The molecule has 0 aliphatic rings. The van der Waals surface area contributed by atoms with E-state index < -0.39 is 23.4 Å². The molecule has 0 aromatic heterocycles. The highest BCUT2D eigenvalue weighted by Gasteiger charge is 2.31. The van der Waals surface area contributed by atoms with Crippen molar-refractivity contribution in [3.05, 3.63) is 65.7 Å². The predicted octanol–water partition coefficient (Wildman–Crippen LogP) is 6.09. The lowest BCUT2D eigenvalue weighted by molar-refractivity contribution is -0.274. The molecule has 0 radical (unpaired) electrons. The maximum atomic E-state index is 12.2. The minimum Gasteiger partial charge on any atom is -0.406 e. The minimum absolute atomic E-state index is 0.0150. The molecule has 0 aliphatic carbocycles. The van der Waals surface area contributed by atoms with Gasteiger partial charge in [-0.15, -0.1) is 13.2 Å². The number of carbonyl (C=O) groups is 1. The molecule has 2 rings (SSSR count). The number of benzene rings is 2. The SMILES string of the molecule is O=C(C=Cc1ccc(SC(F)(F)F)cc1)c1ccc(OC(F)(F)F)cc1. The van der Waals surface area contributed by atoms with Crippen molar-refractivity contribution in [3.8, 4) is 5.75 Å². The molecular formula is C17H10F6O2S. The first kappa shape index (κ1) is 19.9. The van der Waals surface area contributed by atoms with Crippen molar-refractivity contribution in [2.75, 3.05) is 0 Å². The Labute approximate surface area is 148 Å². The summed E-state index contributed by atoms with van der Waals surface area (Å²) in [6.45, 7) is 0. The normalized spacial score (nSPS) is 12.4. The molecule has 0 heterocycles. The maximum Gasteiger partial charge on any atom is 0.573 e. The summed E-state index contributed by atoms with van der Waals surface area (Å²) >= 11 is -0.247. The summed E-state index contributed by atoms with van der Waals surface area (Å²) in [5.74, 6) is -0.923. The molecule has 0 saturated heterocycles. The molecule has 26 heavy (non-hydrogen) atoms. The molecule has 2 aromatic carbocycles. The van der Waals surface area contributed by atoms with E-state index in [-0.39, 0.29) is 22.2 Å². The third kappa shape index (κ3) is 6.83. The Hall–Kier alpha value is -2.42. The molecule has 2 nitrogen and oxygen atoms in total. The molecule has 0 spiro atoms. The average molecular weight is 392 g/mol. The van der Waals surface area contributed by atoms with Crippen LogP contribution in [0.5, 0.6) is 5.75 Å². The number of allylic oxidation sites excluding steroid dienone is 1. The van der Waals surface area contributed by atoms with E-state index in [2.05, 4.69) is 4.74 Å². The Kier molecular flexibility index (Phi) is 6.01. The highest BCUT2D eigenvalue weighted by molar-refractivity contribution is 8.00. The molecule has 0 bridgehead atoms. The molecule has 0 unspecified atom stereocenters.